The summed E-state index contributed by atoms with van der Waals surface area (Å²) in [6, 6.07) is 7.04. The summed E-state index contributed by atoms with van der Waals surface area (Å²) >= 11 is 0. The Labute approximate surface area is 80.1 Å². The highest BCUT2D eigenvalue weighted by Gasteiger charge is 2.48. The van der Waals surface area contributed by atoms with Gasteiger partial charge in [-0.25, -0.2) is 0 Å². The molecule has 0 aromatic heterocycles. The molecule has 0 bridgehead atoms. The Morgan fingerprint density at radius 3 is 2.23 bits per heavy atom. The lowest BCUT2D eigenvalue weighted by molar-refractivity contribution is 0.475. The van der Waals surface area contributed by atoms with Gasteiger partial charge in [0.15, 0.2) is 0 Å². The number of phenols is 1. The van der Waals surface area contributed by atoms with E-state index in [2.05, 4.69) is 0 Å². The second kappa shape index (κ2) is 2.84. The number of phenolic OH excluding ortho intramolecular Hbond substituents is 1. The molecule has 2 nitrogen and oxygen atoms in total. The summed E-state index contributed by atoms with van der Waals surface area (Å²) in [5.74, 6) is 0.265. The number of benzene rings is 1. The molecule has 1 aromatic carbocycles. The fourth-order valence-electron chi connectivity index (χ4n) is 1.62. The first-order chi connectivity index (χ1) is 6.15. The molecule has 70 valence electrons. The molecular formula is C10H12O2S. The van der Waals surface area contributed by atoms with E-state index in [0.29, 0.717) is 0 Å². The van der Waals surface area contributed by atoms with Crippen molar-refractivity contribution in [2.75, 3.05) is 6.26 Å². The van der Waals surface area contributed by atoms with E-state index < -0.39 is 10.8 Å². The third kappa shape index (κ3) is 1.37. The van der Waals surface area contributed by atoms with Gasteiger partial charge in [-0.2, -0.15) is 0 Å². The van der Waals surface area contributed by atoms with Gasteiger partial charge in [-0.3, -0.25) is 4.21 Å². The Hall–Kier alpha value is -0.830. The van der Waals surface area contributed by atoms with Crippen molar-refractivity contribution >= 4 is 10.8 Å². The second-order valence-corrected chi connectivity index (χ2v) is 5.19. The van der Waals surface area contributed by atoms with Gasteiger partial charge in [0.05, 0.1) is 4.75 Å². The molecule has 1 N–H and O–H groups in total. The largest absolute Gasteiger partial charge is 0.508 e. The summed E-state index contributed by atoms with van der Waals surface area (Å²) in [6.45, 7) is 0. The van der Waals surface area contributed by atoms with E-state index in [9.17, 15) is 4.21 Å². The fourth-order valence-corrected chi connectivity index (χ4v) is 2.77. The van der Waals surface area contributed by atoms with Crippen LogP contribution in [0.15, 0.2) is 24.3 Å². The minimum Gasteiger partial charge on any atom is -0.508 e. The smallest absolute Gasteiger partial charge is 0.115 e. The van der Waals surface area contributed by atoms with Crippen molar-refractivity contribution in [1.82, 2.24) is 0 Å². The van der Waals surface area contributed by atoms with E-state index in [1.165, 1.54) is 0 Å². The van der Waals surface area contributed by atoms with Crippen LogP contribution in [0.4, 0.5) is 0 Å². The van der Waals surface area contributed by atoms with Gasteiger partial charge in [-0.1, -0.05) is 12.1 Å². The summed E-state index contributed by atoms with van der Waals surface area (Å²) in [7, 11) is -0.804. The summed E-state index contributed by atoms with van der Waals surface area (Å²) in [6.07, 6.45) is 3.75. The SMILES string of the molecule is CS(=O)C1(c2ccc(O)cc2)CC1. The molecular weight excluding hydrogens is 184 g/mol. The molecule has 0 spiro atoms. The number of aromatic hydroxyl groups is 1. The van der Waals surface area contributed by atoms with E-state index in [1.807, 2.05) is 12.1 Å². The van der Waals surface area contributed by atoms with Gasteiger partial charge in [-0.05, 0) is 30.5 Å². The van der Waals surface area contributed by atoms with Gasteiger partial charge in [-0.15, -0.1) is 0 Å². The van der Waals surface area contributed by atoms with Crippen molar-refractivity contribution in [2.24, 2.45) is 0 Å². The molecule has 2 rings (SSSR count). The minimum atomic E-state index is -0.804. The number of hydrogen-bond acceptors (Lipinski definition) is 2. The topological polar surface area (TPSA) is 37.3 Å². The third-order valence-electron chi connectivity index (χ3n) is 2.65. The van der Waals surface area contributed by atoms with Crippen molar-refractivity contribution in [3.8, 4) is 5.75 Å². The van der Waals surface area contributed by atoms with Crippen LogP contribution in [0.25, 0.3) is 0 Å². The predicted octanol–water partition coefficient (Wildman–Crippen LogP) is 1.76. The van der Waals surface area contributed by atoms with Crippen LogP contribution in [-0.2, 0) is 15.5 Å². The van der Waals surface area contributed by atoms with Crippen molar-refractivity contribution in [1.29, 1.82) is 0 Å². The van der Waals surface area contributed by atoms with Crippen LogP contribution in [0.3, 0.4) is 0 Å². The molecule has 0 heterocycles. The van der Waals surface area contributed by atoms with E-state index in [-0.39, 0.29) is 10.5 Å². The molecule has 0 saturated heterocycles. The highest BCUT2D eigenvalue weighted by molar-refractivity contribution is 7.85. The van der Waals surface area contributed by atoms with E-state index in [1.54, 1.807) is 18.4 Å². The maximum absolute atomic E-state index is 11.5. The van der Waals surface area contributed by atoms with Crippen molar-refractivity contribution in [3.63, 3.8) is 0 Å². The molecule has 3 heteroatoms. The standard InChI is InChI=1S/C10H12O2S/c1-13(12)10(6-7-10)8-2-4-9(11)5-3-8/h2-5,11H,6-7H2,1H3. The number of hydrogen-bond donors (Lipinski definition) is 1. The third-order valence-corrected chi connectivity index (χ3v) is 4.39. The van der Waals surface area contributed by atoms with Crippen molar-refractivity contribution < 1.29 is 9.32 Å². The molecule has 1 aromatic rings. The first-order valence-electron chi connectivity index (χ1n) is 4.28. The van der Waals surface area contributed by atoms with E-state index in [4.69, 9.17) is 5.11 Å². The van der Waals surface area contributed by atoms with E-state index in [0.717, 1.165) is 18.4 Å². The first-order valence-corrected chi connectivity index (χ1v) is 5.84. The van der Waals surface area contributed by atoms with Crippen LogP contribution < -0.4 is 0 Å². The monoisotopic (exact) mass is 196 g/mol. The summed E-state index contributed by atoms with van der Waals surface area (Å²) in [5.41, 5.74) is 1.09. The Morgan fingerprint density at radius 1 is 1.31 bits per heavy atom. The molecule has 1 fully saturated rings. The maximum Gasteiger partial charge on any atom is 0.115 e. The van der Waals surface area contributed by atoms with Crippen molar-refractivity contribution in [3.05, 3.63) is 29.8 Å². The zero-order valence-electron chi connectivity index (χ0n) is 7.49. The zero-order chi connectivity index (χ0) is 9.47. The van der Waals surface area contributed by atoms with Crippen LogP contribution in [0.1, 0.15) is 18.4 Å². The molecule has 0 radical (unpaired) electrons. The molecule has 13 heavy (non-hydrogen) atoms. The highest BCUT2D eigenvalue weighted by atomic mass is 32.2. The van der Waals surface area contributed by atoms with Crippen LogP contribution in [0.2, 0.25) is 0 Å². The molecule has 0 aliphatic heterocycles. The fraction of sp³-hybridized carbons (Fsp3) is 0.400. The summed E-state index contributed by atoms with van der Waals surface area (Å²) < 4.78 is 11.4. The maximum atomic E-state index is 11.5. The Bertz CT molecular complexity index is 338. The average molecular weight is 196 g/mol. The summed E-state index contributed by atoms with van der Waals surface area (Å²) in [5, 5.41) is 9.11. The molecule has 1 aliphatic rings. The van der Waals surface area contributed by atoms with Crippen molar-refractivity contribution in [2.45, 2.75) is 17.6 Å². The van der Waals surface area contributed by atoms with Gasteiger partial charge in [0.2, 0.25) is 0 Å². The molecule has 1 aliphatic carbocycles. The highest BCUT2D eigenvalue weighted by Crippen LogP contribution is 2.50. The molecule has 1 unspecified atom stereocenters. The lowest BCUT2D eigenvalue weighted by Gasteiger charge is -2.11. The minimum absolute atomic E-state index is 0.103. The second-order valence-electron chi connectivity index (χ2n) is 3.50. The predicted molar refractivity (Wildman–Crippen MR) is 53.1 cm³/mol. The number of rotatable bonds is 2. The lowest BCUT2D eigenvalue weighted by atomic mass is 10.1. The van der Waals surface area contributed by atoms with Gasteiger partial charge in [0.1, 0.15) is 5.75 Å². The van der Waals surface area contributed by atoms with Crippen LogP contribution >= 0.6 is 0 Å². The Morgan fingerprint density at radius 2 is 1.85 bits per heavy atom. The normalized spacial score (nSPS) is 21.0. The van der Waals surface area contributed by atoms with Crippen LogP contribution in [0, 0.1) is 0 Å². The lowest BCUT2D eigenvalue weighted by Crippen LogP contribution is -2.12. The van der Waals surface area contributed by atoms with Crippen LogP contribution in [-0.4, -0.2) is 15.6 Å². The van der Waals surface area contributed by atoms with E-state index >= 15 is 0 Å². The summed E-state index contributed by atoms with van der Waals surface area (Å²) in [4.78, 5) is 0. The van der Waals surface area contributed by atoms with Gasteiger partial charge >= 0.3 is 0 Å². The molecule has 1 atom stereocenters. The first kappa shape index (κ1) is 8.75. The van der Waals surface area contributed by atoms with Gasteiger partial charge in [0.25, 0.3) is 0 Å². The van der Waals surface area contributed by atoms with Gasteiger partial charge < -0.3 is 5.11 Å². The Kier molecular flexibility index (Phi) is 1.91. The van der Waals surface area contributed by atoms with Gasteiger partial charge in [0, 0.05) is 17.1 Å². The zero-order valence-corrected chi connectivity index (χ0v) is 8.30. The Balaban J connectivity index is 2.36. The average Bonchev–Trinajstić information content (AvgIpc) is 2.86. The van der Waals surface area contributed by atoms with Crippen LogP contribution in [0.5, 0.6) is 5.75 Å². The quantitative estimate of drug-likeness (QED) is 0.782. The molecule has 1 saturated carbocycles. The molecule has 0 amide bonds.